The summed E-state index contributed by atoms with van der Waals surface area (Å²) in [6, 6.07) is 15.4. The van der Waals surface area contributed by atoms with Crippen LogP contribution in [-0.2, 0) is 20.9 Å². The molecule has 2 aromatic carbocycles. The Kier molecular flexibility index (Phi) is 7.08. The van der Waals surface area contributed by atoms with Crippen molar-refractivity contribution < 1.29 is 24.0 Å². The number of ether oxygens (including phenoxy) is 1. The van der Waals surface area contributed by atoms with Crippen LogP contribution >= 0.6 is 23.1 Å². The molecule has 0 aliphatic carbocycles. The fourth-order valence-corrected chi connectivity index (χ4v) is 7.94. The number of non-ortho nitro benzene ring substituents is 1. The molecule has 2 aliphatic rings. The number of nitrogens with zero attached hydrogens (tertiary/aromatic N) is 4. The predicted octanol–water partition coefficient (Wildman–Crippen LogP) is 3.66. The summed E-state index contributed by atoms with van der Waals surface area (Å²) in [7, 11) is 1.54. The van der Waals surface area contributed by atoms with Crippen LogP contribution in [0.5, 0.6) is 5.75 Å². The van der Waals surface area contributed by atoms with E-state index in [1.165, 1.54) is 35.9 Å². The molecule has 2 aliphatic heterocycles. The molecule has 0 saturated carbocycles. The van der Waals surface area contributed by atoms with E-state index in [2.05, 4.69) is 10.3 Å². The Morgan fingerprint density at radius 2 is 1.81 bits per heavy atom. The average Bonchev–Trinajstić information content (AvgIpc) is 3.44. The summed E-state index contributed by atoms with van der Waals surface area (Å²) in [6.45, 7) is -0.297. The Bertz CT molecular complexity index is 1770. The van der Waals surface area contributed by atoms with Crippen molar-refractivity contribution in [2.45, 2.75) is 22.7 Å². The minimum Gasteiger partial charge on any atom is -0.497 e. The number of nitrogens with one attached hydrogen (secondary N) is 1. The average molecular weight is 604 g/mol. The molecule has 0 unspecified atom stereocenters. The third-order valence-electron chi connectivity index (χ3n) is 7.09. The maximum Gasteiger partial charge on any atom is 0.308 e. The first-order valence-electron chi connectivity index (χ1n) is 12.6. The molecule has 14 heteroatoms. The lowest BCUT2D eigenvalue weighted by atomic mass is 9.84. The summed E-state index contributed by atoms with van der Waals surface area (Å²) >= 11 is 2.01. The smallest absolute Gasteiger partial charge is 0.308 e. The van der Waals surface area contributed by atoms with Gasteiger partial charge in [0.1, 0.15) is 17.5 Å². The van der Waals surface area contributed by atoms with Gasteiger partial charge < -0.3 is 10.1 Å². The second kappa shape index (κ2) is 10.9. The molecule has 6 rings (SSSR count). The first-order valence-corrected chi connectivity index (χ1v) is 14.3. The number of pyridine rings is 1. The van der Waals surface area contributed by atoms with Crippen LogP contribution in [0.1, 0.15) is 16.4 Å². The number of aromatic nitrogens is 2. The summed E-state index contributed by atoms with van der Waals surface area (Å²) in [6.07, 6.45) is 3.18. The van der Waals surface area contributed by atoms with Crippen LogP contribution in [0, 0.1) is 16.0 Å². The van der Waals surface area contributed by atoms with Crippen molar-refractivity contribution >= 4 is 57.9 Å². The molecular weight excluding hydrogens is 582 g/mol. The third kappa shape index (κ3) is 4.73. The van der Waals surface area contributed by atoms with Gasteiger partial charge in [0.2, 0.25) is 17.7 Å². The molecule has 3 amide bonds. The van der Waals surface area contributed by atoms with E-state index in [0.717, 1.165) is 28.0 Å². The number of nitro benzene ring substituents is 1. The molecule has 2 aromatic heterocycles. The number of fused-ring (bicyclic) bond motifs is 2. The van der Waals surface area contributed by atoms with E-state index in [9.17, 15) is 29.3 Å². The molecule has 1 N–H and O–H groups in total. The van der Waals surface area contributed by atoms with Gasteiger partial charge in [0.15, 0.2) is 0 Å². The lowest BCUT2D eigenvalue weighted by Gasteiger charge is -2.30. The lowest BCUT2D eigenvalue weighted by Crippen LogP contribution is -2.33. The highest BCUT2D eigenvalue weighted by Gasteiger charge is 2.57. The van der Waals surface area contributed by atoms with Gasteiger partial charge in [-0.15, -0.1) is 0 Å². The zero-order valence-corrected chi connectivity index (χ0v) is 23.5. The van der Waals surface area contributed by atoms with Gasteiger partial charge in [0, 0.05) is 41.0 Å². The van der Waals surface area contributed by atoms with E-state index in [-0.39, 0.29) is 17.9 Å². The van der Waals surface area contributed by atoms with Gasteiger partial charge in [-0.25, -0.2) is 4.90 Å². The van der Waals surface area contributed by atoms with Gasteiger partial charge in [0.05, 0.1) is 28.7 Å². The molecule has 212 valence electrons. The van der Waals surface area contributed by atoms with Crippen molar-refractivity contribution in [3.8, 4) is 5.75 Å². The largest absolute Gasteiger partial charge is 0.497 e. The van der Waals surface area contributed by atoms with Gasteiger partial charge >= 0.3 is 4.87 Å². The molecule has 1 saturated heterocycles. The van der Waals surface area contributed by atoms with E-state index >= 15 is 0 Å². The van der Waals surface area contributed by atoms with Gasteiger partial charge in [-0.3, -0.25) is 38.8 Å². The van der Waals surface area contributed by atoms with Crippen LogP contribution < -0.4 is 19.8 Å². The maximum atomic E-state index is 13.9. The molecule has 0 spiro atoms. The van der Waals surface area contributed by atoms with Crippen molar-refractivity contribution in [1.82, 2.24) is 9.55 Å². The first-order chi connectivity index (χ1) is 20.3. The standard InChI is InChI=1S/C28H21N5O7S2/c1-40-19-10-4-16(5-11-19)30-20(34)14-31-27-24(42-28(31)37)21(15-3-2-12-29-13-15)22-23(41-27)26(36)32(25(22)35)17-6-8-18(9-7-17)33(38)39/h2-13,21-23H,14H2,1H3,(H,30,34)/t21-,22-,23+/m0/s1. The Hall–Kier alpha value is -4.82. The summed E-state index contributed by atoms with van der Waals surface area (Å²) in [5, 5.41) is 13.4. The number of carbonyl (C=O) groups is 3. The van der Waals surface area contributed by atoms with E-state index in [1.807, 2.05) is 0 Å². The van der Waals surface area contributed by atoms with Gasteiger partial charge in [-0.2, -0.15) is 0 Å². The summed E-state index contributed by atoms with van der Waals surface area (Å²) < 4.78 is 6.47. The Morgan fingerprint density at radius 1 is 1.07 bits per heavy atom. The minimum atomic E-state index is -0.893. The molecule has 4 aromatic rings. The molecule has 0 bridgehead atoms. The van der Waals surface area contributed by atoms with Crippen molar-refractivity contribution in [3.05, 3.63) is 103 Å². The van der Waals surface area contributed by atoms with Crippen molar-refractivity contribution in [2.24, 2.45) is 5.92 Å². The number of carbonyl (C=O) groups excluding carboxylic acids is 3. The van der Waals surface area contributed by atoms with Crippen LogP contribution in [0.25, 0.3) is 0 Å². The number of hydrogen-bond donors (Lipinski definition) is 1. The minimum absolute atomic E-state index is 0.169. The molecule has 1 fully saturated rings. The molecule has 4 heterocycles. The maximum absolute atomic E-state index is 13.9. The lowest BCUT2D eigenvalue weighted by molar-refractivity contribution is -0.384. The fraction of sp³-hybridized carbons (Fsp3) is 0.179. The Labute approximate surface area is 246 Å². The summed E-state index contributed by atoms with van der Waals surface area (Å²) in [5.41, 5.74) is 1.22. The fourth-order valence-electron chi connectivity index (χ4n) is 5.17. The number of imide groups is 1. The highest BCUT2D eigenvalue weighted by molar-refractivity contribution is 8.00. The van der Waals surface area contributed by atoms with Crippen LogP contribution in [-0.4, -0.2) is 44.6 Å². The molecular formula is C28H21N5O7S2. The number of rotatable bonds is 7. The molecule has 3 atom stereocenters. The zero-order chi connectivity index (χ0) is 29.5. The normalized spacial score (nSPS) is 19.3. The van der Waals surface area contributed by atoms with Gasteiger partial charge in [0.25, 0.3) is 5.69 Å². The Morgan fingerprint density at radius 3 is 2.45 bits per heavy atom. The van der Waals surface area contributed by atoms with E-state index in [0.29, 0.717) is 26.9 Å². The number of anilines is 2. The summed E-state index contributed by atoms with van der Waals surface area (Å²) in [4.78, 5) is 69.8. The highest BCUT2D eigenvalue weighted by atomic mass is 32.2. The monoisotopic (exact) mass is 603 g/mol. The van der Waals surface area contributed by atoms with Crippen molar-refractivity contribution in [2.75, 3.05) is 17.3 Å². The van der Waals surface area contributed by atoms with Gasteiger partial charge in [-0.1, -0.05) is 29.2 Å². The summed E-state index contributed by atoms with van der Waals surface area (Å²) in [5.74, 6) is -2.31. The quantitative estimate of drug-likeness (QED) is 0.189. The van der Waals surface area contributed by atoms with Crippen LogP contribution in [0.2, 0.25) is 0 Å². The second-order valence-electron chi connectivity index (χ2n) is 9.51. The molecule has 12 nitrogen and oxygen atoms in total. The van der Waals surface area contributed by atoms with Crippen LogP contribution in [0.4, 0.5) is 17.1 Å². The molecule has 42 heavy (non-hydrogen) atoms. The Balaban J connectivity index is 1.36. The van der Waals surface area contributed by atoms with E-state index < -0.39 is 44.6 Å². The number of nitro groups is 1. The van der Waals surface area contributed by atoms with E-state index in [4.69, 9.17) is 4.74 Å². The number of amides is 3. The third-order valence-corrected chi connectivity index (χ3v) is 9.69. The second-order valence-corrected chi connectivity index (χ2v) is 11.6. The van der Waals surface area contributed by atoms with Gasteiger partial charge in [-0.05, 0) is 48.0 Å². The number of benzene rings is 2. The number of thioether (sulfide) groups is 1. The first kappa shape index (κ1) is 27.4. The number of hydrogen-bond acceptors (Lipinski definition) is 10. The highest BCUT2D eigenvalue weighted by Crippen LogP contribution is 2.53. The predicted molar refractivity (Wildman–Crippen MR) is 155 cm³/mol. The topological polar surface area (TPSA) is 154 Å². The zero-order valence-electron chi connectivity index (χ0n) is 21.8. The molecule has 0 radical (unpaired) electrons. The number of methoxy groups -OCH3 is 1. The van der Waals surface area contributed by atoms with Crippen LogP contribution in [0.3, 0.4) is 0 Å². The SMILES string of the molecule is COc1ccc(NC(=O)Cn2c3c(sc2=O)[C@@H](c2cccnc2)[C@@H]2C(=O)N(c4ccc([N+](=O)[O-])cc4)C(=O)[C@@H]2S3)cc1. The van der Waals surface area contributed by atoms with Crippen molar-refractivity contribution in [1.29, 1.82) is 0 Å². The van der Waals surface area contributed by atoms with E-state index in [1.54, 1.807) is 48.8 Å². The van der Waals surface area contributed by atoms with Crippen molar-refractivity contribution in [3.63, 3.8) is 0 Å². The van der Waals surface area contributed by atoms with Crippen LogP contribution in [0.15, 0.2) is 82.9 Å². The number of thiazole rings is 1.